The Balaban J connectivity index is 2.84. The molecule has 2 nitrogen and oxygen atoms in total. The van der Waals surface area contributed by atoms with Crippen molar-refractivity contribution in [2.24, 2.45) is 0 Å². The molecular formula is C12H18O2. The summed E-state index contributed by atoms with van der Waals surface area (Å²) < 4.78 is 0. The molecule has 0 aliphatic heterocycles. The van der Waals surface area contributed by atoms with Gasteiger partial charge in [0.2, 0.25) is 0 Å². The molecule has 0 aromatic heterocycles. The van der Waals surface area contributed by atoms with E-state index in [-0.39, 0.29) is 6.61 Å². The van der Waals surface area contributed by atoms with E-state index in [0.717, 1.165) is 11.1 Å². The van der Waals surface area contributed by atoms with Crippen LogP contribution in [-0.4, -0.2) is 22.4 Å². The Morgan fingerprint density at radius 2 is 1.71 bits per heavy atom. The first-order valence-electron chi connectivity index (χ1n) is 4.93. The van der Waals surface area contributed by atoms with Gasteiger partial charge in [-0.05, 0) is 31.4 Å². The van der Waals surface area contributed by atoms with Crippen molar-refractivity contribution < 1.29 is 10.2 Å². The summed E-state index contributed by atoms with van der Waals surface area (Å²) in [6.45, 7) is 3.74. The van der Waals surface area contributed by atoms with Crippen molar-refractivity contribution in [1.82, 2.24) is 0 Å². The van der Waals surface area contributed by atoms with Crippen molar-refractivity contribution in [3.8, 4) is 0 Å². The smallest absolute Gasteiger partial charge is 0.0632 e. The fraction of sp³-hybridized carbons (Fsp3) is 0.500. The molecular weight excluding hydrogens is 176 g/mol. The van der Waals surface area contributed by atoms with Crippen molar-refractivity contribution >= 4 is 0 Å². The number of rotatable bonds is 4. The highest BCUT2D eigenvalue weighted by Gasteiger charge is 2.15. The first-order chi connectivity index (χ1) is 6.53. The lowest BCUT2D eigenvalue weighted by Crippen LogP contribution is -2.22. The molecule has 0 unspecified atom stereocenters. The maximum atomic E-state index is 9.70. The van der Waals surface area contributed by atoms with E-state index >= 15 is 0 Å². The molecule has 0 aliphatic carbocycles. The molecule has 2 N–H and O–H groups in total. The minimum atomic E-state index is -0.689. The Kier molecular flexibility index (Phi) is 3.67. The average Bonchev–Trinajstić information content (AvgIpc) is 2.06. The second kappa shape index (κ2) is 4.58. The monoisotopic (exact) mass is 194 g/mol. The van der Waals surface area contributed by atoms with E-state index in [0.29, 0.717) is 12.8 Å². The van der Waals surface area contributed by atoms with Gasteiger partial charge in [0.15, 0.2) is 0 Å². The van der Waals surface area contributed by atoms with Crippen LogP contribution in [0.2, 0.25) is 0 Å². The van der Waals surface area contributed by atoms with E-state index in [2.05, 4.69) is 0 Å². The summed E-state index contributed by atoms with van der Waals surface area (Å²) in [6.07, 6.45) is 1.29. The molecule has 0 atom stereocenters. The number of benzene rings is 1. The number of aliphatic hydroxyl groups is 2. The van der Waals surface area contributed by atoms with Crippen LogP contribution in [0.25, 0.3) is 0 Å². The number of hydrogen-bond acceptors (Lipinski definition) is 2. The predicted octanol–water partition coefficient (Wildman–Crippen LogP) is 1.53. The lowest BCUT2D eigenvalue weighted by Gasteiger charge is -2.19. The van der Waals surface area contributed by atoms with Crippen LogP contribution in [0, 0.1) is 0 Å². The van der Waals surface area contributed by atoms with Crippen molar-refractivity contribution in [3.63, 3.8) is 0 Å². The first kappa shape index (κ1) is 11.2. The van der Waals surface area contributed by atoms with Crippen LogP contribution in [0.15, 0.2) is 24.3 Å². The Labute approximate surface area is 85.2 Å². The summed E-state index contributed by atoms with van der Waals surface area (Å²) in [5.74, 6) is 0. The van der Waals surface area contributed by atoms with E-state index in [1.54, 1.807) is 13.8 Å². The standard InChI is InChI=1S/C12H18O2/c1-12(2,14)9-11-6-4-3-5-10(11)7-8-13/h3-6,13-14H,7-9H2,1-2H3. The maximum absolute atomic E-state index is 9.70. The van der Waals surface area contributed by atoms with Gasteiger partial charge in [-0.15, -0.1) is 0 Å². The number of hydrogen-bond donors (Lipinski definition) is 2. The zero-order chi connectivity index (χ0) is 10.6. The Hall–Kier alpha value is -0.860. The van der Waals surface area contributed by atoms with Gasteiger partial charge in [0, 0.05) is 13.0 Å². The molecule has 78 valence electrons. The van der Waals surface area contributed by atoms with Crippen LogP contribution in [0.5, 0.6) is 0 Å². The van der Waals surface area contributed by atoms with E-state index < -0.39 is 5.60 Å². The maximum Gasteiger partial charge on any atom is 0.0632 e. The Bertz CT molecular complexity index is 287. The molecule has 0 aliphatic rings. The van der Waals surface area contributed by atoms with Gasteiger partial charge >= 0.3 is 0 Å². The van der Waals surface area contributed by atoms with E-state index in [4.69, 9.17) is 5.11 Å². The third-order valence-corrected chi connectivity index (χ3v) is 2.12. The van der Waals surface area contributed by atoms with Crippen LogP contribution in [-0.2, 0) is 12.8 Å². The SMILES string of the molecule is CC(C)(O)Cc1ccccc1CCO. The van der Waals surface area contributed by atoms with Gasteiger partial charge in [0.25, 0.3) is 0 Å². The Morgan fingerprint density at radius 3 is 2.21 bits per heavy atom. The molecule has 0 spiro atoms. The summed E-state index contributed by atoms with van der Waals surface area (Å²) in [5, 5.41) is 18.6. The van der Waals surface area contributed by atoms with Crippen LogP contribution in [0.1, 0.15) is 25.0 Å². The van der Waals surface area contributed by atoms with E-state index in [1.807, 2.05) is 24.3 Å². The van der Waals surface area contributed by atoms with Gasteiger partial charge < -0.3 is 10.2 Å². The lowest BCUT2D eigenvalue weighted by molar-refractivity contribution is 0.0807. The molecule has 0 saturated heterocycles. The molecule has 0 radical (unpaired) electrons. The highest BCUT2D eigenvalue weighted by atomic mass is 16.3. The van der Waals surface area contributed by atoms with Gasteiger partial charge in [-0.3, -0.25) is 0 Å². The predicted molar refractivity (Wildman–Crippen MR) is 57.2 cm³/mol. The third kappa shape index (κ3) is 3.48. The summed E-state index contributed by atoms with van der Waals surface area (Å²) >= 11 is 0. The molecule has 1 aromatic carbocycles. The van der Waals surface area contributed by atoms with Gasteiger partial charge in [-0.25, -0.2) is 0 Å². The van der Waals surface area contributed by atoms with Crippen LogP contribution >= 0.6 is 0 Å². The van der Waals surface area contributed by atoms with Gasteiger partial charge in [-0.2, -0.15) is 0 Å². The third-order valence-electron chi connectivity index (χ3n) is 2.12. The lowest BCUT2D eigenvalue weighted by atomic mass is 9.94. The molecule has 0 saturated carbocycles. The second-order valence-electron chi connectivity index (χ2n) is 4.23. The minimum absolute atomic E-state index is 0.156. The minimum Gasteiger partial charge on any atom is -0.396 e. The Morgan fingerprint density at radius 1 is 1.14 bits per heavy atom. The van der Waals surface area contributed by atoms with Gasteiger partial charge in [0.05, 0.1) is 5.60 Å². The fourth-order valence-corrected chi connectivity index (χ4v) is 1.56. The van der Waals surface area contributed by atoms with Crippen LogP contribution < -0.4 is 0 Å². The second-order valence-corrected chi connectivity index (χ2v) is 4.23. The van der Waals surface area contributed by atoms with Crippen molar-refractivity contribution in [2.45, 2.75) is 32.3 Å². The van der Waals surface area contributed by atoms with Crippen molar-refractivity contribution in [1.29, 1.82) is 0 Å². The summed E-state index contributed by atoms with van der Waals surface area (Å²) in [4.78, 5) is 0. The molecule has 1 aromatic rings. The zero-order valence-electron chi connectivity index (χ0n) is 8.83. The average molecular weight is 194 g/mol. The van der Waals surface area contributed by atoms with Crippen LogP contribution in [0.3, 0.4) is 0 Å². The first-order valence-corrected chi connectivity index (χ1v) is 4.93. The fourth-order valence-electron chi connectivity index (χ4n) is 1.56. The molecule has 0 heterocycles. The van der Waals surface area contributed by atoms with E-state index in [9.17, 15) is 5.11 Å². The zero-order valence-corrected chi connectivity index (χ0v) is 8.83. The highest BCUT2D eigenvalue weighted by molar-refractivity contribution is 5.28. The quantitative estimate of drug-likeness (QED) is 0.763. The topological polar surface area (TPSA) is 40.5 Å². The molecule has 0 fully saturated rings. The summed E-state index contributed by atoms with van der Waals surface area (Å²) in [7, 11) is 0. The molecule has 2 heteroatoms. The van der Waals surface area contributed by atoms with Crippen molar-refractivity contribution in [2.75, 3.05) is 6.61 Å². The molecule has 0 bridgehead atoms. The molecule has 14 heavy (non-hydrogen) atoms. The van der Waals surface area contributed by atoms with Crippen LogP contribution in [0.4, 0.5) is 0 Å². The van der Waals surface area contributed by atoms with Gasteiger partial charge in [-0.1, -0.05) is 24.3 Å². The number of aliphatic hydroxyl groups excluding tert-OH is 1. The van der Waals surface area contributed by atoms with Gasteiger partial charge in [0.1, 0.15) is 0 Å². The van der Waals surface area contributed by atoms with E-state index in [1.165, 1.54) is 0 Å². The molecule has 1 rings (SSSR count). The molecule has 0 amide bonds. The normalized spacial score (nSPS) is 11.7. The highest BCUT2D eigenvalue weighted by Crippen LogP contribution is 2.16. The summed E-state index contributed by atoms with van der Waals surface area (Å²) in [6, 6.07) is 7.92. The largest absolute Gasteiger partial charge is 0.396 e. The summed E-state index contributed by atoms with van der Waals surface area (Å²) in [5.41, 5.74) is 1.55. The van der Waals surface area contributed by atoms with Crippen molar-refractivity contribution in [3.05, 3.63) is 35.4 Å².